The number of carbonyl (C=O) groups is 4. The van der Waals surface area contributed by atoms with Crippen molar-refractivity contribution < 1.29 is 42.6 Å². The summed E-state index contributed by atoms with van der Waals surface area (Å²) in [6.45, 7) is 1.82. The number of urea groups is 1. The van der Waals surface area contributed by atoms with Crippen molar-refractivity contribution in [3.63, 3.8) is 0 Å². The van der Waals surface area contributed by atoms with Crippen LogP contribution in [0.15, 0.2) is 36.4 Å². The SMILES string of the molecule is O=C(NCc1ccc(C(F)(F)F)cc1)N1CC2CNCC(C2)C1=O.O=C(O)/C=C/C(=O)O. The van der Waals surface area contributed by atoms with Crippen molar-refractivity contribution in [2.45, 2.75) is 19.1 Å². The van der Waals surface area contributed by atoms with E-state index in [0.29, 0.717) is 30.8 Å². The fraction of sp³-hybridized carbons (Fsp3) is 0.400. The number of carboxylic acid groups (broad SMARTS) is 2. The molecule has 2 atom stereocenters. The Bertz CT molecular complexity index is 870. The van der Waals surface area contributed by atoms with Crippen molar-refractivity contribution >= 4 is 23.9 Å². The largest absolute Gasteiger partial charge is 0.478 e. The van der Waals surface area contributed by atoms with E-state index >= 15 is 0 Å². The summed E-state index contributed by atoms with van der Waals surface area (Å²) < 4.78 is 37.5. The van der Waals surface area contributed by atoms with E-state index in [-0.39, 0.29) is 24.3 Å². The summed E-state index contributed by atoms with van der Waals surface area (Å²) in [4.78, 5) is 44.8. The van der Waals surface area contributed by atoms with Gasteiger partial charge in [0.2, 0.25) is 5.91 Å². The van der Waals surface area contributed by atoms with Crippen molar-refractivity contribution in [2.24, 2.45) is 11.8 Å². The van der Waals surface area contributed by atoms with E-state index in [1.54, 1.807) is 0 Å². The van der Waals surface area contributed by atoms with Gasteiger partial charge >= 0.3 is 24.1 Å². The fourth-order valence-electron chi connectivity index (χ4n) is 3.34. The van der Waals surface area contributed by atoms with Gasteiger partial charge in [0, 0.05) is 31.8 Å². The van der Waals surface area contributed by atoms with Gasteiger partial charge < -0.3 is 20.8 Å². The molecule has 2 fully saturated rings. The van der Waals surface area contributed by atoms with Gasteiger partial charge in [-0.2, -0.15) is 13.2 Å². The molecule has 0 aliphatic carbocycles. The summed E-state index contributed by atoms with van der Waals surface area (Å²) in [5.74, 6) is -2.62. The van der Waals surface area contributed by atoms with E-state index in [2.05, 4.69) is 10.6 Å². The highest BCUT2D eigenvalue weighted by atomic mass is 19.4. The number of fused-ring (bicyclic) bond motifs is 2. The average Bonchev–Trinajstić information content (AvgIpc) is 2.73. The number of likely N-dealkylation sites (tertiary alicyclic amines) is 1. The summed E-state index contributed by atoms with van der Waals surface area (Å²) in [7, 11) is 0. The number of carboxylic acids is 2. The van der Waals surface area contributed by atoms with E-state index in [9.17, 15) is 32.3 Å². The van der Waals surface area contributed by atoms with Crippen molar-refractivity contribution in [2.75, 3.05) is 19.6 Å². The molecule has 2 unspecified atom stereocenters. The maximum absolute atomic E-state index is 12.5. The molecule has 2 aliphatic rings. The lowest BCUT2D eigenvalue weighted by atomic mass is 9.85. The Hall–Kier alpha value is -3.41. The lowest BCUT2D eigenvalue weighted by Crippen LogP contribution is -2.58. The number of rotatable bonds is 4. The molecule has 2 bridgehead atoms. The van der Waals surface area contributed by atoms with Gasteiger partial charge in [-0.3, -0.25) is 9.69 Å². The number of piperidine rings is 2. The molecule has 12 heteroatoms. The van der Waals surface area contributed by atoms with Crippen LogP contribution in [0.25, 0.3) is 0 Å². The lowest BCUT2D eigenvalue weighted by Gasteiger charge is -2.39. The maximum Gasteiger partial charge on any atom is 0.416 e. The third-order valence-corrected chi connectivity index (χ3v) is 4.84. The predicted octanol–water partition coefficient (Wildman–Crippen LogP) is 1.69. The summed E-state index contributed by atoms with van der Waals surface area (Å²) >= 11 is 0. The van der Waals surface area contributed by atoms with Gasteiger partial charge in [0.1, 0.15) is 0 Å². The number of alkyl halides is 3. The third-order valence-electron chi connectivity index (χ3n) is 4.84. The molecular formula is C20H22F3N3O6. The molecule has 0 radical (unpaired) electrons. The fourth-order valence-corrected chi connectivity index (χ4v) is 3.34. The zero-order valence-corrected chi connectivity index (χ0v) is 16.8. The van der Waals surface area contributed by atoms with E-state index in [1.165, 1.54) is 17.0 Å². The van der Waals surface area contributed by atoms with Crippen LogP contribution < -0.4 is 10.6 Å². The molecule has 174 valence electrons. The number of halogens is 3. The number of hydrogen-bond acceptors (Lipinski definition) is 5. The smallest absolute Gasteiger partial charge is 0.416 e. The second-order valence-electron chi connectivity index (χ2n) is 7.27. The van der Waals surface area contributed by atoms with Crippen LogP contribution in [0.4, 0.5) is 18.0 Å². The standard InChI is InChI=1S/C16H18F3N3O2.C4H4O4/c17-16(18,19)13-3-1-10(2-4-13)7-21-15(24)22-9-11-5-12(14(22)23)8-20-6-11;5-3(6)1-2-4(7)8/h1-4,11-12,20H,5-9H2,(H,21,24);1-2H,(H,5,6)(H,7,8)/b;2-1+. The molecular weight excluding hydrogens is 435 g/mol. The molecule has 3 amide bonds. The van der Waals surface area contributed by atoms with Crippen molar-refractivity contribution in [1.29, 1.82) is 0 Å². The molecule has 2 aliphatic heterocycles. The van der Waals surface area contributed by atoms with Crippen LogP contribution in [-0.4, -0.2) is 58.6 Å². The van der Waals surface area contributed by atoms with Gasteiger partial charge in [0.25, 0.3) is 0 Å². The molecule has 1 aromatic carbocycles. The molecule has 0 aromatic heterocycles. The number of carbonyl (C=O) groups excluding carboxylic acids is 2. The summed E-state index contributed by atoms with van der Waals surface area (Å²) in [6, 6.07) is 4.10. The monoisotopic (exact) mass is 457 g/mol. The quantitative estimate of drug-likeness (QED) is 0.505. The first-order valence-corrected chi connectivity index (χ1v) is 9.57. The van der Waals surface area contributed by atoms with Crippen LogP contribution in [-0.2, 0) is 27.1 Å². The zero-order chi connectivity index (χ0) is 23.9. The maximum atomic E-state index is 12.5. The van der Waals surface area contributed by atoms with Gasteiger partial charge in [0.15, 0.2) is 0 Å². The first-order valence-electron chi connectivity index (χ1n) is 9.57. The highest BCUT2D eigenvalue weighted by Gasteiger charge is 2.39. The predicted molar refractivity (Wildman–Crippen MR) is 104 cm³/mol. The van der Waals surface area contributed by atoms with Gasteiger partial charge in [-0.05, 0) is 36.6 Å². The Labute approximate surface area is 180 Å². The second-order valence-corrected chi connectivity index (χ2v) is 7.27. The normalized spacial score (nSPS) is 20.3. The second kappa shape index (κ2) is 10.8. The summed E-state index contributed by atoms with van der Waals surface area (Å²) in [5.41, 5.74) is -0.188. The average molecular weight is 457 g/mol. The molecule has 4 N–H and O–H groups in total. The van der Waals surface area contributed by atoms with Crippen molar-refractivity contribution in [1.82, 2.24) is 15.5 Å². The van der Waals surface area contributed by atoms with E-state index in [4.69, 9.17) is 10.2 Å². The highest BCUT2D eigenvalue weighted by molar-refractivity contribution is 5.96. The third kappa shape index (κ3) is 7.38. The number of benzene rings is 1. The zero-order valence-electron chi connectivity index (χ0n) is 16.8. The van der Waals surface area contributed by atoms with E-state index < -0.39 is 29.7 Å². The Morgan fingerprint density at radius 1 is 1.09 bits per heavy atom. The molecule has 1 aromatic rings. The number of imide groups is 1. The molecule has 2 heterocycles. The first kappa shape index (κ1) is 24.9. The van der Waals surface area contributed by atoms with Crippen LogP contribution in [0.1, 0.15) is 17.5 Å². The van der Waals surface area contributed by atoms with Crippen LogP contribution in [0.2, 0.25) is 0 Å². The van der Waals surface area contributed by atoms with Gasteiger partial charge in [0.05, 0.1) is 11.5 Å². The summed E-state index contributed by atoms with van der Waals surface area (Å²) in [6.07, 6.45) is -2.47. The summed E-state index contributed by atoms with van der Waals surface area (Å²) in [5, 5.41) is 21.4. The first-order chi connectivity index (χ1) is 15.0. The Morgan fingerprint density at radius 2 is 1.69 bits per heavy atom. The minimum absolute atomic E-state index is 0.0777. The topological polar surface area (TPSA) is 136 Å². The molecule has 0 saturated carbocycles. The van der Waals surface area contributed by atoms with Crippen LogP contribution >= 0.6 is 0 Å². The van der Waals surface area contributed by atoms with Crippen LogP contribution in [0.3, 0.4) is 0 Å². The molecule has 32 heavy (non-hydrogen) atoms. The Morgan fingerprint density at radius 3 is 2.22 bits per heavy atom. The number of amides is 3. The van der Waals surface area contributed by atoms with Gasteiger partial charge in [-0.1, -0.05) is 12.1 Å². The molecule has 0 spiro atoms. The van der Waals surface area contributed by atoms with Crippen molar-refractivity contribution in [3.05, 3.63) is 47.5 Å². The molecule has 3 rings (SSSR count). The Balaban J connectivity index is 0.000000390. The van der Waals surface area contributed by atoms with Crippen LogP contribution in [0.5, 0.6) is 0 Å². The number of nitrogens with zero attached hydrogens (tertiary/aromatic N) is 1. The van der Waals surface area contributed by atoms with Crippen LogP contribution in [0, 0.1) is 11.8 Å². The Kier molecular flexibility index (Phi) is 8.35. The number of aliphatic carboxylic acids is 2. The minimum Gasteiger partial charge on any atom is -0.478 e. The molecule has 2 saturated heterocycles. The lowest BCUT2D eigenvalue weighted by molar-refractivity contribution is -0.138. The highest BCUT2D eigenvalue weighted by Crippen LogP contribution is 2.29. The van der Waals surface area contributed by atoms with E-state index in [0.717, 1.165) is 25.1 Å². The number of nitrogens with one attached hydrogen (secondary N) is 2. The van der Waals surface area contributed by atoms with E-state index in [1.807, 2.05) is 0 Å². The molecule has 9 nitrogen and oxygen atoms in total. The number of hydrogen-bond donors (Lipinski definition) is 4. The van der Waals surface area contributed by atoms with Gasteiger partial charge in [-0.15, -0.1) is 0 Å². The minimum atomic E-state index is -4.38. The van der Waals surface area contributed by atoms with Crippen molar-refractivity contribution in [3.8, 4) is 0 Å². The van der Waals surface area contributed by atoms with Gasteiger partial charge in [-0.25, -0.2) is 14.4 Å².